The van der Waals surface area contributed by atoms with Gasteiger partial charge >= 0.3 is 5.97 Å². The second-order valence-corrected chi connectivity index (χ2v) is 6.98. The predicted molar refractivity (Wildman–Crippen MR) is 100 cm³/mol. The standard InChI is InChI=1S/C20H28N2O4/c1-4-26-20(25)18(13-14(2)3)21-19(24)15-5-7-16(8-6-15)22-11-9-17(23)10-12-22/h5-8,14,18H,4,9-13H2,1-3H3,(H,21,24). The van der Waals surface area contributed by atoms with E-state index in [4.69, 9.17) is 4.74 Å². The lowest BCUT2D eigenvalue weighted by molar-refractivity contribution is -0.145. The Bertz CT molecular complexity index is 630. The average Bonchev–Trinajstić information content (AvgIpc) is 2.61. The summed E-state index contributed by atoms with van der Waals surface area (Å²) in [5, 5.41) is 2.78. The van der Waals surface area contributed by atoms with Crippen molar-refractivity contribution >= 4 is 23.3 Å². The molecule has 0 bridgehead atoms. The molecule has 26 heavy (non-hydrogen) atoms. The van der Waals surface area contributed by atoms with Crippen LogP contribution in [0.1, 0.15) is 50.4 Å². The van der Waals surface area contributed by atoms with E-state index in [1.54, 1.807) is 19.1 Å². The Morgan fingerprint density at radius 2 is 1.77 bits per heavy atom. The molecule has 0 aromatic heterocycles. The van der Waals surface area contributed by atoms with Gasteiger partial charge in [-0.1, -0.05) is 13.8 Å². The molecular weight excluding hydrogens is 332 g/mol. The lowest BCUT2D eigenvalue weighted by atomic mass is 10.0. The molecule has 0 radical (unpaired) electrons. The summed E-state index contributed by atoms with van der Waals surface area (Å²) in [6, 6.07) is 6.62. The van der Waals surface area contributed by atoms with E-state index in [2.05, 4.69) is 10.2 Å². The van der Waals surface area contributed by atoms with Crippen LogP contribution in [0, 0.1) is 5.92 Å². The summed E-state index contributed by atoms with van der Waals surface area (Å²) in [5.41, 5.74) is 1.50. The summed E-state index contributed by atoms with van der Waals surface area (Å²) >= 11 is 0. The molecule has 142 valence electrons. The molecule has 1 aromatic carbocycles. The summed E-state index contributed by atoms with van der Waals surface area (Å²) in [4.78, 5) is 38.0. The van der Waals surface area contributed by atoms with E-state index in [1.165, 1.54) is 0 Å². The smallest absolute Gasteiger partial charge is 0.328 e. The normalized spacial score (nSPS) is 15.7. The summed E-state index contributed by atoms with van der Waals surface area (Å²) in [7, 11) is 0. The lowest BCUT2D eigenvalue weighted by Gasteiger charge is -2.28. The number of Topliss-reactive ketones (excluding diaryl/α,β-unsaturated/α-hetero) is 1. The maximum absolute atomic E-state index is 12.5. The average molecular weight is 360 g/mol. The molecule has 1 unspecified atom stereocenters. The van der Waals surface area contributed by atoms with Gasteiger partial charge in [0, 0.05) is 37.2 Å². The van der Waals surface area contributed by atoms with E-state index in [0.29, 0.717) is 43.7 Å². The van der Waals surface area contributed by atoms with Crippen molar-refractivity contribution in [2.75, 3.05) is 24.6 Å². The molecule has 1 aliphatic rings. The van der Waals surface area contributed by atoms with Gasteiger partial charge in [0.25, 0.3) is 5.91 Å². The third kappa shape index (κ3) is 5.58. The topological polar surface area (TPSA) is 75.7 Å². The zero-order chi connectivity index (χ0) is 19.1. The highest BCUT2D eigenvalue weighted by Crippen LogP contribution is 2.19. The largest absolute Gasteiger partial charge is 0.464 e. The number of amides is 1. The third-order valence-corrected chi connectivity index (χ3v) is 4.40. The van der Waals surface area contributed by atoms with Crippen LogP contribution in [0.5, 0.6) is 0 Å². The second kappa shape index (κ2) is 9.36. The van der Waals surface area contributed by atoms with Gasteiger partial charge in [-0.2, -0.15) is 0 Å². The van der Waals surface area contributed by atoms with Crippen LogP contribution < -0.4 is 10.2 Å². The van der Waals surface area contributed by atoms with Gasteiger partial charge in [0.05, 0.1) is 6.61 Å². The van der Waals surface area contributed by atoms with Crippen LogP contribution in [0.25, 0.3) is 0 Å². The number of piperidine rings is 1. The van der Waals surface area contributed by atoms with E-state index in [0.717, 1.165) is 5.69 Å². The molecule has 1 fully saturated rings. The predicted octanol–water partition coefficient (Wildman–Crippen LogP) is 2.56. The number of nitrogens with zero attached hydrogens (tertiary/aromatic N) is 1. The van der Waals surface area contributed by atoms with Gasteiger partial charge in [0.2, 0.25) is 0 Å². The Morgan fingerprint density at radius 3 is 2.31 bits per heavy atom. The van der Waals surface area contributed by atoms with E-state index < -0.39 is 12.0 Å². The third-order valence-electron chi connectivity index (χ3n) is 4.40. The molecule has 1 aliphatic heterocycles. The molecule has 0 aliphatic carbocycles. The molecule has 6 nitrogen and oxygen atoms in total. The van der Waals surface area contributed by atoms with Gasteiger partial charge < -0.3 is 15.0 Å². The number of ketones is 1. The maximum Gasteiger partial charge on any atom is 0.328 e. The molecule has 1 heterocycles. The van der Waals surface area contributed by atoms with Crippen molar-refractivity contribution in [3.05, 3.63) is 29.8 Å². The van der Waals surface area contributed by atoms with Crippen molar-refractivity contribution in [2.24, 2.45) is 5.92 Å². The van der Waals surface area contributed by atoms with Crippen LogP contribution in [-0.2, 0) is 14.3 Å². The number of carbonyl (C=O) groups excluding carboxylic acids is 3. The number of hydrogen-bond acceptors (Lipinski definition) is 5. The van der Waals surface area contributed by atoms with Gasteiger partial charge in [-0.3, -0.25) is 9.59 Å². The zero-order valence-corrected chi connectivity index (χ0v) is 15.8. The summed E-state index contributed by atoms with van der Waals surface area (Å²) in [6.07, 6.45) is 1.67. The monoisotopic (exact) mass is 360 g/mol. The molecule has 0 saturated carbocycles. The zero-order valence-electron chi connectivity index (χ0n) is 15.8. The van der Waals surface area contributed by atoms with Gasteiger partial charge in [0.15, 0.2) is 0 Å². The molecule has 1 saturated heterocycles. The maximum atomic E-state index is 12.5. The molecule has 1 aromatic rings. The van der Waals surface area contributed by atoms with Gasteiger partial charge in [0.1, 0.15) is 11.8 Å². The first kappa shape index (κ1) is 19.9. The van der Waals surface area contributed by atoms with Crippen LogP contribution in [0.2, 0.25) is 0 Å². The first-order chi connectivity index (χ1) is 12.4. The highest BCUT2D eigenvalue weighted by Gasteiger charge is 2.24. The number of benzene rings is 1. The summed E-state index contributed by atoms with van der Waals surface area (Å²) in [6.45, 7) is 7.45. The highest BCUT2D eigenvalue weighted by molar-refractivity contribution is 5.97. The van der Waals surface area contributed by atoms with Crippen LogP contribution in [0.15, 0.2) is 24.3 Å². The summed E-state index contributed by atoms with van der Waals surface area (Å²) < 4.78 is 5.06. The molecule has 2 rings (SSSR count). The number of ether oxygens (including phenoxy) is 1. The van der Waals surface area contributed by atoms with E-state index >= 15 is 0 Å². The first-order valence-corrected chi connectivity index (χ1v) is 9.25. The highest BCUT2D eigenvalue weighted by atomic mass is 16.5. The SMILES string of the molecule is CCOC(=O)C(CC(C)C)NC(=O)c1ccc(N2CCC(=O)CC2)cc1. The number of nitrogens with one attached hydrogen (secondary N) is 1. The Hall–Kier alpha value is -2.37. The molecule has 1 amide bonds. The number of esters is 1. The quantitative estimate of drug-likeness (QED) is 0.757. The fourth-order valence-electron chi connectivity index (χ4n) is 3.01. The van der Waals surface area contributed by atoms with Crippen molar-refractivity contribution in [3.63, 3.8) is 0 Å². The fourth-order valence-corrected chi connectivity index (χ4v) is 3.01. The van der Waals surface area contributed by atoms with Gasteiger partial charge in [-0.15, -0.1) is 0 Å². The van der Waals surface area contributed by atoms with Crippen LogP contribution in [0.3, 0.4) is 0 Å². The number of carbonyl (C=O) groups is 3. The molecule has 1 N–H and O–H groups in total. The molecular formula is C20H28N2O4. The molecule has 0 spiro atoms. The number of rotatable bonds is 7. The van der Waals surface area contributed by atoms with Crippen molar-refractivity contribution in [1.29, 1.82) is 0 Å². The Labute approximate surface area is 154 Å². The minimum Gasteiger partial charge on any atom is -0.464 e. The van der Waals surface area contributed by atoms with Crippen LogP contribution >= 0.6 is 0 Å². The van der Waals surface area contributed by atoms with E-state index in [1.807, 2.05) is 26.0 Å². The number of hydrogen-bond donors (Lipinski definition) is 1. The Balaban J connectivity index is 2.01. The van der Waals surface area contributed by atoms with Gasteiger partial charge in [-0.25, -0.2) is 4.79 Å². The van der Waals surface area contributed by atoms with Crippen molar-refractivity contribution in [1.82, 2.24) is 5.32 Å². The lowest BCUT2D eigenvalue weighted by Crippen LogP contribution is -2.42. The van der Waals surface area contributed by atoms with Crippen molar-refractivity contribution in [3.8, 4) is 0 Å². The van der Waals surface area contributed by atoms with Crippen molar-refractivity contribution in [2.45, 2.75) is 46.1 Å². The minimum atomic E-state index is -0.643. The van der Waals surface area contributed by atoms with Gasteiger partial charge in [-0.05, 0) is 43.5 Å². The number of anilines is 1. The summed E-state index contributed by atoms with van der Waals surface area (Å²) in [5.74, 6) is -0.130. The second-order valence-electron chi connectivity index (χ2n) is 6.98. The minimum absolute atomic E-state index is 0.258. The van der Waals surface area contributed by atoms with E-state index in [-0.39, 0.29) is 18.4 Å². The van der Waals surface area contributed by atoms with Crippen molar-refractivity contribution < 1.29 is 19.1 Å². The first-order valence-electron chi connectivity index (χ1n) is 9.25. The van der Waals surface area contributed by atoms with E-state index in [9.17, 15) is 14.4 Å². The van der Waals surface area contributed by atoms with Crippen LogP contribution in [0.4, 0.5) is 5.69 Å². The molecule has 1 atom stereocenters. The van der Waals surface area contributed by atoms with Crippen LogP contribution in [-0.4, -0.2) is 43.4 Å². The Morgan fingerprint density at radius 1 is 1.15 bits per heavy atom. The molecule has 6 heteroatoms. The Kier molecular flexibility index (Phi) is 7.18. The fraction of sp³-hybridized carbons (Fsp3) is 0.550.